The predicted molar refractivity (Wildman–Crippen MR) is 186 cm³/mol. The molecule has 1 aliphatic heterocycles. The number of aldehydes is 1. The minimum absolute atomic E-state index is 0.0696. The van der Waals surface area contributed by atoms with Crippen molar-refractivity contribution in [3.05, 3.63) is 112 Å². The van der Waals surface area contributed by atoms with Gasteiger partial charge in [0.15, 0.2) is 5.65 Å². The van der Waals surface area contributed by atoms with Crippen molar-refractivity contribution in [2.45, 2.75) is 58.8 Å². The van der Waals surface area contributed by atoms with Crippen LogP contribution in [0.3, 0.4) is 0 Å². The third-order valence-corrected chi connectivity index (χ3v) is 8.76. The fourth-order valence-electron chi connectivity index (χ4n) is 6.17. The lowest BCUT2D eigenvalue weighted by atomic mass is 10.0. The number of rotatable bonds is 12. The van der Waals surface area contributed by atoms with E-state index < -0.39 is 11.7 Å². The number of halogens is 1. The number of pyridine rings is 1. The number of carbonyl (C=O) groups is 3. The molecule has 3 aromatic carbocycles. The van der Waals surface area contributed by atoms with E-state index in [2.05, 4.69) is 21.0 Å². The number of hydrogen-bond donors (Lipinski definition) is 3. The van der Waals surface area contributed by atoms with Crippen LogP contribution >= 0.6 is 0 Å². The summed E-state index contributed by atoms with van der Waals surface area (Å²) >= 11 is 0. The summed E-state index contributed by atoms with van der Waals surface area (Å²) in [6.45, 7) is 6.46. The molecule has 6 rings (SSSR count). The number of aryl methyl sites for hydroxylation is 2. The van der Waals surface area contributed by atoms with Crippen LogP contribution in [0.5, 0.6) is 0 Å². The highest BCUT2D eigenvalue weighted by atomic mass is 19.1. The van der Waals surface area contributed by atoms with Gasteiger partial charge in [0.2, 0.25) is 0 Å². The maximum Gasteiger partial charge on any atom is 0.251 e. The Balaban J connectivity index is 1.16. The maximum atomic E-state index is 14.5. The minimum atomic E-state index is -0.456. The Labute approximate surface area is 284 Å². The lowest BCUT2D eigenvalue weighted by Gasteiger charge is -2.26. The van der Waals surface area contributed by atoms with Gasteiger partial charge in [-0.25, -0.2) is 14.1 Å². The van der Waals surface area contributed by atoms with Crippen molar-refractivity contribution in [3.8, 4) is 11.1 Å². The normalized spacial score (nSPS) is 13.3. The molecular formula is C38H39FN6O4. The first-order valence-corrected chi connectivity index (χ1v) is 16.6. The largest absolute Gasteiger partial charge is 0.381 e. The second kappa shape index (κ2) is 15.2. The number of hydrogen-bond acceptors (Lipinski definition) is 7. The molecule has 3 heterocycles. The molecule has 0 spiro atoms. The van der Waals surface area contributed by atoms with Crippen molar-refractivity contribution in [3.63, 3.8) is 0 Å². The van der Waals surface area contributed by atoms with Crippen LogP contribution in [0.25, 0.3) is 22.2 Å². The molecule has 11 heteroatoms. The van der Waals surface area contributed by atoms with Crippen LogP contribution in [0.1, 0.15) is 74.6 Å². The Morgan fingerprint density at radius 3 is 2.39 bits per heavy atom. The molecule has 2 aromatic heterocycles. The number of nitrogens with zero attached hydrogens (tertiary/aromatic N) is 3. The van der Waals surface area contributed by atoms with E-state index in [9.17, 15) is 18.8 Å². The van der Waals surface area contributed by atoms with Crippen molar-refractivity contribution < 1.29 is 23.5 Å². The number of aromatic nitrogens is 3. The first-order valence-electron chi connectivity index (χ1n) is 16.6. The summed E-state index contributed by atoms with van der Waals surface area (Å²) in [6, 6.07) is 18.1. The van der Waals surface area contributed by atoms with Crippen LogP contribution in [0.15, 0.2) is 72.9 Å². The van der Waals surface area contributed by atoms with Gasteiger partial charge in [0, 0.05) is 66.8 Å². The minimum Gasteiger partial charge on any atom is -0.381 e. The zero-order valence-electron chi connectivity index (χ0n) is 27.6. The summed E-state index contributed by atoms with van der Waals surface area (Å²) in [7, 11) is 0. The second-order valence-electron chi connectivity index (χ2n) is 12.0. The van der Waals surface area contributed by atoms with Gasteiger partial charge in [-0.15, -0.1) is 0 Å². The summed E-state index contributed by atoms with van der Waals surface area (Å²) in [6.07, 6.45) is 5.00. The molecule has 252 valence electrons. The quantitative estimate of drug-likeness (QED) is 0.138. The number of anilines is 1. The highest BCUT2D eigenvalue weighted by Crippen LogP contribution is 2.31. The first kappa shape index (κ1) is 33.5. The second-order valence-corrected chi connectivity index (χ2v) is 12.0. The highest BCUT2D eigenvalue weighted by molar-refractivity contribution is 6.00. The van der Waals surface area contributed by atoms with E-state index in [0.717, 1.165) is 47.1 Å². The molecule has 0 radical (unpaired) electrons. The fraction of sp³-hybridized carbons (Fsp3) is 0.289. The summed E-state index contributed by atoms with van der Waals surface area (Å²) in [5.41, 5.74) is 6.49. The van der Waals surface area contributed by atoms with Gasteiger partial charge in [-0.2, -0.15) is 5.10 Å². The van der Waals surface area contributed by atoms with E-state index in [1.54, 1.807) is 54.6 Å². The third kappa shape index (κ3) is 7.68. The van der Waals surface area contributed by atoms with E-state index >= 15 is 0 Å². The Bertz CT molecular complexity index is 2000. The van der Waals surface area contributed by atoms with Crippen LogP contribution in [-0.2, 0) is 30.8 Å². The summed E-state index contributed by atoms with van der Waals surface area (Å²) in [4.78, 5) is 42.8. The smallest absolute Gasteiger partial charge is 0.251 e. The van der Waals surface area contributed by atoms with E-state index in [1.165, 1.54) is 12.1 Å². The Morgan fingerprint density at radius 1 is 0.939 bits per heavy atom. The van der Waals surface area contributed by atoms with Crippen molar-refractivity contribution in [1.82, 2.24) is 25.4 Å². The van der Waals surface area contributed by atoms with Gasteiger partial charge in [-0.1, -0.05) is 31.2 Å². The molecule has 1 fully saturated rings. The number of benzene rings is 3. The molecule has 0 atom stereocenters. The van der Waals surface area contributed by atoms with Crippen LogP contribution in [0.2, 0.25) is 0 Å². The van der Waals surface area contributed by atoms with Crippen molar-refractivity contribution in [1.29, 1.82) is 0 Å². The Kier molecular flexibility index (Phi) is 10.4. The number of fused-ring (bicyclic) bond motifs is 1. The predicted octanol–water partition coefficient (Wildman–Crippen LogP) is 6.08. The monoisotopic (exact) mass is 662 g/mol. The molecule has 1 saturated heterocycles. The van der Waals surface area contributed by atoms with Crippen molar-refractivity contribution in [2.75, 3.05) is 18.5 Å². The zero-order valence-corrected chi connectivity index (χ0v) is 27.6. The number of amides is 2. The molecule has 2 amide bonds. The average Bonchev–Trinajstić information content (AvgIpc) is 3.56. The van der Waals surface area contributed by atoms with Gasteiger partial charge >= 0.3 is 0 Å². The van der Waals surface area contributed by atoms with Gasteiger partial charge in [0.05, 0.1) is 17.3 Å². The number of carbonyl (C=O) groups excluding carboxylic acids is 3. The molecule has 0 bridgehead atoms. The summed E-state index contributed by atoms with van der Waals surface area (Å²) in [5, 5.41) is 15.1. The van der Waals surface area contributed by atoms with Gasteiger partial charge in [0.1, 0.15) is 12.1 Å². The number of nitrogens with one attached hydrogen (secondary N) is 3. The van der Waals surface area contributed by atoms with Crippen LogP contribution in [0, 0.1) is 5.82 Å². The highest BCUT2D eigenvalue weighted by Gasteiger charge is 2.22. The maximum absolute atomic E-state index is 14.5. The lowest BCUT2D eigenvalue weighted by molar-refractivity contribution is 0.0904. The molecule has 0 saturated carbocycles. The standard InChI is InChI=1S/C38H39FN6O4/c1-3-34-32(35(43-31-11-13-49-14-12-31)33-22-42-45(4-2)36(33)44-34)21-41-38(48)28-10-6-9-27(18-28)37(47)40-20-25-16-29(19-30(39)17-25)26-8-5-7-24(15-26)23-46/h5-10,15-19,22-23,31H,3-4,11-14,20-21H2,1-2H3,(H,40,47)(H,41,48)(H,43,44). The van der Waals surface area contributed by atoms with Crippen LogP contribution in [0.4, 0.5) is 10.1 Å². The van der Waals surface area contributed by atoms with E-state index in [0.29, 0.717) is 59.6 Å². The van der Waals surface area contributed by atoms with Gasteiger partial charge in [-0.3, -0.25) is 14.4 Å². The fourth-order valence-corrected chi connectivity index (χ4v) is 6.17. The topological polar surface area (TPSA) is 127 Å². The molecule has 49 heavy (non-hydrogen) atoms. The SMILES string of the molecule is CCc1nc2c(cnn2CC)c(NC2CCOCC2)c1CNC(=O)c1cccc(C(=O)NCc2cc(F)cc(-c3cccc(C=O)c3)c2)c1. The van der Waals surface area contributed by atoms with Crippen LogP contribution in [-0.4, -0.2) is 52.1 Å². The average molecular weight is 663 g/mol. The van der Waals surface area contributed by atoms with Crippen molar-refractivity contribution in [2.24, 2.45) is 0 Å². The molecule has 0 aliphatic carbocycles. The van der Waals surface area contributed by atoms with E-state index in [4.69, 9.17) is 9.72 Å². The van der Waals surface area contributed by atoms with E-state index in [1.807, 2.05) is 24.7 Å². The summed E-state index contributed by atoms with van der Waals surface area (Å²) in [5.74, 6) is -1.18. The zero-order chi connectivity index (χ0) is 34.3. The summed E-state index contributed by atoms with van der Waals surface area (Å²) < 4.78 is 22.0. The number of ether oxygens (including phenoxy) is 1. The molecule has 10 nitrogen and oxygen atoms in total. The van der Waals surface area contributed by atoms with E-state index in [-0.39, 0.29) is 25.0 Å². The Hall–Kier alpha value is -5.42. The van der Waals surface area contributed by atoms with Crippen molar-refractivity contribution >= 4 is 34.8 Å². The molecule has 3 N–H and O–H groups in total. The van der Waals surface area contributed by atoms with Gasteiger partial charge < -0.3 is 20.7 Å². The van der Waals surface area contributed by atoms with Gasteiger partial charge in [0.25, 0.3) is 11.8 Å². The first-order chi connectivity index (χ1) is 23.9. The Morgan fingerprint density at radius 2 is 1.67 bits per heavy atom. The molecular weight excluding hydrogens is 623 g/mol. The van der Waals surface area contributed by atoms with Crippen LogP contribution < -0.4 is 16.0 Å². The van der Waals surface area contributed by atoms with Gasteiger partial charge in [-0.05, 0) is 85.3 Å². The third-order valence-electron chi connectivity index (χ3n) is 8.76. The molecule has 0 unspecified atom stereocenters. The molecule has 5 aromatic rings. The molecule has 1 aliphatic rings. The lowest BCUT2D eigenvalue weighted by Crippen LogP contribution is -2.30.